The third kappa shape index (κ3) is 5.35. The molecule has 0 fully saturated rings. The van der Waals surface area contributed by atoms with Gasteiger partial charge in [0.2, 0.25) is 10.0 Å². The molecule has 0 aliphatic rings. The minimum absolute atomic E-state index is 0.102. The Morgan fingerprint density at radius 1 is 0.821 bits per heavy atom. The number of benzene rings is 3. The van der Waals surface area contributed by atoms with Gasteiger partial charge in [-0.1, -0.05) is 72.8 Å². The summed E-state index contributed by atoms with van der Waals surface area (Å²) in [5.74, 6) is -0.559. The topological polar surface area (TPSA) is 87.6 Å². The lowest BCUT2D eigenvalue weighted by atomic mass is 10.0. The Morgan fingerprint density at radius 3 is 2.04 bits per heavy atom. The molecule has 0 aliphatic heterocycles. The van der Waals surface area contributed by atoms with E-state index in [1.54, 1.807) is 18.2 Å². The summed E-state index contributed by atoms with van der Waals surface area (Å²) < 4.78 is 26.3. The van der Waals surface area contributed by atoms with E-state index in [0.717, 1.165) is 16.7 Å². The second-order valence-electron chi connectivity index (χ2n) is 5.92. The average molecular weight is 393 g/mol. The van der Waals surface area contributed by atoms with Gasteiger partial charge in [0.15, 0.2) is 0 Å². The fraction of sp³-hybridized carbons (Fsp3) is 0.0476. The summed E-state index contributed by atoms with van der Waals surface area (Å²) in [4.78, 5) is 11.9. The highest BCUT2D eigenvalue weighted by atomic mass is 32.2. The summed E-state index contributed by atoms with van der Waals surface area (Å²) in [7, 11) is -3.73. The highest BCUT2D eigenvalue weighted by molar-refractivity contribution is 7.89. The van der Waals surface area contributed by atoms with Gasteiger partial charge >= 0.3 is 0 Å². The Bertz CT molecular complexity index is 1050. The van der Waals surface area contributed by atoms with Crippen LogP contribution in [0.4, 0.5) is 0 Å². The molecule has 0 saturated heterocycles. The molecular formula is C21H19N3O3S. The lowest BCUT2D eigenvalue weighted by Gasteiger charge is -2.05. The van der Waals surface area contributed by atoms with Crippen molar-refractivity contribution in [1.29, 1.82) is 0 Å². The molecule has 3 rings (SSSR count). The SMILES string of the molecule is O=C(CNS(=O)(=O)c1ccccc1)N/N=C\c1ccc(-c2ccccc2)cc1. The van der Waals surface area contributed by atoms with Crippen molar-refractivity contribution in [3.05, 3.63) is 90.5 Å². The van der Waals surface area contributed by atoms with Crippen LogP contribution in [0.2, 0.25) is 0 Å². The van der Waals surface area contributed by atoms with Gasteiger partial charge in [0.1, 0.15) is 0 Å². The van der Waals surface area contributed by atoms with Crippen molar-refractivity contribution in [1.82, 2.24) is 10.1 Å². The van der Waals surface area contributed by atoms with Crippen molar-refractivity contribution < 1.29 is 13.2 Å². The van der Waals surface area contributed by atoms with Gasteiger partial charge in [0, 0.05) is 0 Å². The van der Waals surface area contributed by atoms with Crippen LogP contribution in [0.15, 0.2) is 94.9 Å². The van der Waals surface area contributed by atoms with Gasteiger partial charge in [-0.25, -0.2) is 18.6 Å². The number of carbonyl (C=O) groups excluding carboxylic acids is 1. The van der Waals surface area contributed by atoms with Crippen molar-refractivity contribution in [3.8, 4) is 11.1 Å². The van der Waals surface area contributed by atoms with Gasteiger partial charge < -0.3 is 0 Å². The normalized spacial score (nSPS) is 11.4. The predicted octanol–water partition coefficient (Wildman–Crippen LogP) is 2.78. The number of hydrazone groups is 1. The van der Waals surface area contributed by atoms with E-state index in [9.17, 15) is 13.2 Å². The van der Waals surface area contributed by atoms with Crippen LogP contribution < -0.4 is 10.1 Å². The first-order chi connectivity index (χ1) is 13.5. The van der Waals surface area contributed by atoms with Crippen molar-refractivity contribution in [2.24, 2.45) is 5.10 Å². The maximum absolute atomic E-state index is 12.1. The number of rotatable bonds is 7. The molecular weight excluding hydrogens is 374 g/mol. The van der Waals surface area contributed by atoms with Crippen LogP contribution >= 0.6 is 0 Å². The monoisotopic (exact) mass is 393 g/mol. The second kappa shape index (κ2) is 9.07. The van der Waals surface area contributed by atoms with E-state index in [2.05, 4.69) is 15.2 Å². The van der Waals surface area contributed by atoms with Crippen LogP contribution in [-0.4, -0.2) is 27.1 Å². The number of hydrogen-bond acceptors (Lipinski definition) is 4. The molecule has 28 heavy (non-hydrogen) atoms. The first-order valence-electron chi connectivity index (χ1n) is 8.57. The fourth-order valence-electron chi connectivity index (χ4n) is 2.45. The van der Waals surface area contributed by atoms with E-state index < -0.39 is 22.5 Å². The molecule has 0 heterocycles. The Morgan fingerprint density at radius 2 is 1.39 bits per heavy atom. The quantitative estimate of drug-likeness (QED) is 0.478. The standard InChI is InChI=1S/C21H19N3O3S/c25-21(16-23-28(26,27)20-9-5-2-6-10-20)24-22-15-17-11-13-19(14-12-17)18-7-3-1-4-8-18/h1-15,23H,16H2,(H,24,25)/b22-15-. The molecule has 0 spiro atoms. The van der Waals surface area contributed by atoms with E-state index in [1.165, 1.54) is 18.3 Å². The Labute approximate surface area is 164 Å². The number of carbonyl (C=O) groups is 1. The van der Waals surface area contributed by atoms with Crippen molar-refractivity contribution in [2.45, 2.75) is 4.90 Å². The highest BCUT2D eigenvalue weighted by Crippen LogP contribution is 2.18. The zero-order valence-electron chi connectivity index (χ0n) is 14.9. The number of amides is 1. The van der Waals surface area contributed by atoms with Gasteiger partial charge in [0.25, 0.3) is 5.91 Å². The lowest BCUT2D eigenvalue weighted by Crippen LogP contribution is -2.34. The molecule has 0 bridgehead atoms. The third-order valence-electron chi connectivity index (χ3n) is 3.90. The van der Waals surface area contributed by atoms with Crippen LogP contribution in [0.25, 0.3) is 11.1 Å². The molecule has 0 aliphatic carbocycles. The largest absolute Gasteiger partial charge is 0.272 e. The van der Waals surface area contributed by atoms with E-state index in [-0.39, 0.29) is 4.90 Å². The van der Waals surface area contributed by atoms with E-state index in [0.29, 0.717) is 0 Å². The molecule has 1 amide bonds. The molecule has 0 unspecified atom stereocenters. The van der Waals surface area contributed by atoms with E-state index >= 15 is 0 Å². The van der Waals surface area contributed by atoms with Crippen LogP contribution in [0.3, 0.4) is 0 Å². The Hall–Kier alpha value is -3.29. The fourth-order valence-corrected chi connectivity index (χ4v) is 3.46. The van der Waals surface area contributed by atoms with E-state index in [4.69, 9.17) is 0 Å². The minimum atomic E-state index is -3.73. The average Bonchev–Trinajstić information content (AvgIpc) is 2.74. The highest BCUT2D eigenvalue weighted by Gasteiger charge is 2.14. The molecule has 142 valence electrons. The Kier molecular flexibility index (Phi) is 6.31. The molecule has 6 nitrogen and oxygen atoms in total. The molecule has 0 aromatic heterocycles. The maximum atomic E-state index is 12.1. The minimum Gasteiger partial charge on any atom is -0.272 e. The molecule has 3 aromatic carbocycles. The van der Waals surface area contributed by atoms with Crippen molar-refractivity contribution >= 4 is 22.1 Å². The smallest absolute Gasteiger partial charge is 0.255 e. The molecule has 3 aromatic rings. The van der Waals surface area contributed by atoms with Crippen LogP contribution in [0, 0.1) is 0 Å². The molecule has 7 heteroatoms. The summed E-state index contributed by atoms with van der Waals surface area (Å²) in [6.45, 7) is -0.401. The molecule has 0 saturated carbocycles. The number of sulfonamides is 1. The molecule has 2 N–H and O–H groups in total. The summed E-state index contributed by atoms with van der Waals surface area (Å²) >= 11 is 0. The lowest BCUT2D eigenvalue weighted by molar-refractivity contribution is -0.119. The summed E-state index contributed by atoms with van der Waals surface area (Å²) in [6, 6.07) is 25.5. The second-order valence-corrected chi connectivity index (χ2v) is 7.69. The van der Waals surface area contributed by atoms with Gasteiger partial charge in [0.05, 0.1) is 17.7 Å². The van der Waals surface area contributed by atoms with Gasteiger partial charge in [-0.15, -0.1) is 0 Å². The zero-order chi connectivity index (χ0) is 19.8. The van der Waals surface area contributed by atoms with E-state index in [1.807, 2.05) is 54.6 Å². The van der Waals surface area contributed by atoms with Crippen LogP contribution in [0.1, 0.15) is 5.56 Å². The number of nitrogens with zero attached hydrogens (tertiary/aromatic N) is 1. The maximum Gasteiger partial charge on any atom is 0.255 e. The van der Waals surface area contributed by atoms with Crippen LogP contribution in [0.5, 0.6) is 0 Å². The van der Waals surface area contributed by atoms with Gasteiger partial charge in [-0.3, -0.25) is 4.79 Å². The molecule has 0 radical (unpaired) electrons. The predicted molar refractivity (Wildman–Crippen MR) is 109 cm³/mol. The zero-order valence-corrected chi connectivity index (χ0v) is 15.8. The Balaban J connectivity index is 1.51. The van der Waals surface area contributed by atoms with Crippen LogP contribution in [-0.2, 0) is 14.8 Å². The molecule has 0 atom stereocenters. The summed E-state index contributed by atoms with van der Waals surface area (Å²) in [6.07, 6.45) is 1.50. The van der Waals surface area contributed by atoms with Crippen molar-refractivity contribution in [2.75, 3.05) is 6.54 Å². The van der Waals surface area contributed by atoms with Gasteiger partial charge in [-0.05, 0) is 28.8 Å². The third-order valence-corrected chi connectivity index (χ3v) is 5.31. The number of hydrogen-bond donors (Lipinski definition) is 2. The summed E-state index contributed by atoms with van der Waals surface area (Å²) in [5, 5.41) is 3.86. The number of nitrogens with one attached hydrogen (secondary N) is 2. The van der Waals surface area contributed by atoms with Gasteiger partial charge in [-0.2, -0.15) is 5.10 Å². The first kappa shape index (κ1) is 19.5. The first-order valence-corrected chi connectivity index (χ1v) is 10.0. The van der Waals surface area contributed by atoms with Crippen molar-refractivity contribution in [3.63, 3.8) is 0 Å². The summed E-state index contributed by atoms with van der Waals surface area (Å²) in [5.41, 5.74) is 5.31.